The van der Waals surface area contributed by atoms with Crippen molar-refractivity contribution in [2.45, 2.75) is 38.3 Å². The molecule has 0 aromatic rings. The minimum absolute atomic E-state index is 0.192. The molecule has 2 saturated heterocycles. The molecule has 15 heavy (non-hydrogen) atoms. The summed E-state index contributed by atoms with van der Waals surface area (Å²) in [6, 6.07) is 0.325. The van der Waals surface area contributed by atoms with E-state index >= 15 is 0 Å². The van der Waals surface area contributed by atoms with Gasteiger partial charge in [-0.25, -0.2) is 0 Å². The van der Waals surface area contributed by atoms with Crippen molar-refractivity contribution in [3.05, 3.63) is 0 Å². The van der Waals surface area contributed by atoms with Gasteiger partial charge in [-0.15, -0.1) is 0 Å². The van der Waals surface area contributed by atoms with Gasteiger partial charge in [-0.3, -0.25) is 9.69 Å². The van der Waals surface area contributed by atoms with Gasteiger partial charge >= 0.3 is 5.97 Å². The lowest BCUT2D eigenvalue weighted by atomic mass is 9.94. The fourth-order valence-corrected chi connectivity index (χ4v) is 2.68. The van der Waals surface area contributed by atoms with Crippen molar-refractivity contribution in [1.82, 2.24) is 9.80 Å². The van der Waals surface area contributed by atoms with E-state index in [1.165, 1.54) is 0 Å². The van der Waals surface area contributed by atoms with E-state index in [2.05, 4.69) is 16.7 Å². The topological polar surface area (TPSA) is 43.8 Å². The summed E-state index contributed by atoms with van der Waals surface area (Å²) in [6.45, 7) is 6.54. The number of nitrogens with zero attached hydrogens (tertiary/aromatic N) is 2. The third kappa shape index (κ3) is 2.16. The van der Waals surface area contributed by atoms with Crippen LogP contribution < -0.4 is 0 Å². The van der Waals surface area contributed by atoms with Gasteiger partial charge in [0.2, 0.25) is 0 Å². The Balaban J connectivity index is 1.83. The Morgan fingerprint density at radius 1 is 1.27 bits per heavy atom. The van der Waals surface area contributed by atoms with Gasteiger partial charge in [0.15, 0.2) is 0 Å². The van der Waals surface area contributed by atoms with Crippen LogP contribution in [0.4, 0.5) is 0 Å². The van der Waals surface area contributed by atoms with Gasteiger partial charge in [0, 0.05) is 12.6 Å². The highest BCUT2D eigenvalue weighted by Gasteiger charge is 2.39. The van der Waals surface area contributed by atoms with E-state index in [1.54, 1.807) is 0 Å². The molecular formula is C11H20N2O2. The van der Waals surface area contributed by atoms with Gasteiger partial charge in [0.05, 0.1) is 0 Å². The molecule has 4 nitrogen and oxygen atoms in total. The molecule has 1 N–H and O–H groups in total. The van der Waals surface area contributed by atoms with E-state index in [0.717, 1.165) is 45.4 Å². The molecule has 2 aliphatic heterocycles. The first-order valence-electron chi connectivity index (χ1n) is 5.93. The zero-order valence-electron chi connectivity index (χ0n) is 9.35. The van der Waals surface area contributed by atoms with E-state index in [1.807, 2.05) is 0 Å². The fraction of sp³-hybridized carbons (Fsp3) is 0.909. The third-order valence-corrected chi connectivity index (χ3v) is 3.82. The first-order valence-corrected chi connectivity index (χ1v) is 5.93. The molecule has 0 bridgehead atoms. The van der Waals surface area contributed by atoms with Crippen LogP contribution in [0.25, 0.3) is 0 Å². The molecule has 86 valence electrons. The summed E-state index contributed by atoms with van der Waals surface area (Å²) in [5.74, 6) is -0.640. The van der Waals surface area contributed by atoms with Gasteiger partial charge in [0.1, 0.15) is 6.04 Å². The molecule has 0 saturated carbocycles. The highest BCUT2D eigenvalue weighted by molar-refractivity contribution is 5.74. The SMILES string of the molecule is CCN1CCC(N2CCC2C(=O)O)CC1. The summed E-state index contributed by atoms with van der Waals surface area (Å²) in [7, 11) is 0. The molecule has 0 aliphatic carbocycles. The Bertz CT molecular complexity index is 237. The van der Waals surface area contributed by atoms with E-state index in [9.17, 15) is 4.79 Å². The molecule has 0 spiro atoms. The number of carboxylic acids is 1. The number of aliphatic carboxylic acids is 1. The normalized spacial score (nSPS) is 30.1. The number of hydrogen-bond donors (Lipinski definition) is 1. The van der Waals surface area contributed by atoms with Crippen molar-refractivity contribution in [3.63, 3.8) is 0 Å². The summed E-state index contributed by atoms with van der Waals surface area (Å²) >= 11 is 0. The Morgan fingerprint density at radius 3 is 2.33 bits per heavy atom. The number of carbonyl (C=O) groups is 1. The zero-order chi connectivity index (χ0) is 10.8. The lowest BCUT2D eigenvalue weighted by Gasteiger charge is -2.46. The minimum Gasteiger partial charge on any atom is -0.480 e. The van der Waals surface area contributed by atoms with Gasteiger partial charge < -0.3 is 10.0 Å². The highest BCUT2D eigenvalue weighted by atomic mass is 16.4. The first kappa shape index (κ1) is 10.9. The average molecular weight is 212 g/mol. The lowest BCUT2D eigenvalue weighted by Crippen LogP contribution is -2.59. The van der Waals surface area contributed by atoms with Crippen LogP contribution in [0.2, 0.25) is 0 Å². The van der Waals surface area contributed by atoms with Crippen LogP contribution in [0.15, 0.2) is 0 Å². The monoisotopic (exact) mass is 212 g/mol. The number of carboxylic acid groups (broad SMARTS) is 1. The van der Waals surface area contributed by atoms with Crippen molar-refractivity contribution in [3.8, 4) is 0 Å². The first-order chi connectivity index (χ1) is 7.22. The van der Waals surface area contributed by atoms with Gasteiger partial charge in [0.25, 0.3) is 0 Å². The summed E-state index contributed by atoms with van der Waals surface area (Å²) in [4.78, 5) is 15.5. The van der Waals surface area contributed by atoms with E-state index in [4.69, 9.17) is 5.11 Å². The van der Waals surface area contributed by atoms with Crippen LogP contribution in [0.1, 0.15) is 26.2 Å². The Labute approximate surface area is 90.9 Å². The molecule has 2 aliphatic rings. The summed E-state index contributed by atoms with van der Waals surface area (Å²) in [5.41, 5.74) is 0. The summed E-state index contributed by atoms with van der Waals surface area (Å²) in [5, 5.41) is 8.98. The Hall–Kier alpha value is -0.610. The van der Waals surface area contributed by atoms with Crippen molar-refractivity contribution in [2.24, 2.45) is 0 Å². The van der Waals surface area contributed by atoms with E-state index in [0.29, 0.717) is 6.04 Å². The summed E-state index contributed by atoms with van der Waals surface area (Å²) < 4.78 is 0. The predicted octanol–water partition coefficient (Wildman–Crippen LogP) is 0.630. The molecule has 0 aromatic heterocycles. The van der Waals surface area contributed by atoms with Crippen LogP contribution in [-0.4, -0.2) is 59.1 Å². The minimum atomic E-state index is -0.640. The van der Waals surface area contributed by atoms with Gasteiger partial charge in [-0.1, -0.05) is 6.92 Å². The molecule has 1 atom stereocenters. The van der Waals surface area contributed by atoms with Gasteiger partial charge in [-0.05, 0) is 38.9 Å². The molecule has 0 aromatic carbocycles. The Kier molecular flexibility index (Phi) is 3.26. The Morgan fingerprint density at radius 2 is 1.93 bits per heavy atom. The molecular weight excluding hydrogens is 192 g/mol. The van der Waals surface area contributed by atoms with Crippen molar-refractivity contribution >= 4 is 5.97 Å². The quantitative estimate of drug-likeness (QED) is 0.745. The second-order valence-electron chi connectivity index (χ2n) is 4.55. The van der Waals surface area contributed by atoms with Crippen LogP contribution in [0.3, 0.4) is 0 Å². The maximum atomic E-state index is 10.9. The molecule has 4 heteroatoms. The largest absolute Gasteiger partial charge is 0.480 e. The smallest absolute Gasteiger partial charge is 0.320 e. The van der Waals surface area contributed by atoms with Crippen molar-refractivity contribution in [1.29, 1.82) is 0 Å². The predicted molar refractivity (Wildman–Crippen MR) is 57.9 cm³/mol. The molecule has 2 heterocycles. The van der Waals surface area contributed by atoms with Crippen LogP contribution in [-0.2, 0) is 4.79 Å². The third-order valence-electron chi connectivity index (χ3n) is 3.82. The standard InChI is InChI=1S/C11H20N2O2/c1-2-12-6-3-9(4-7-12)13-8-5-10(13)11(14)15/h9-10H,2-8H2,1H3,(H,14,15). The number of likely N-dealkylation sites (tertiary alicyclic amines) is 2. The van der Waals surface area contributed by atoms with E-state index < -0.39 is 5.97 Å². The number of piperidine rings is 1. The fourth-order valence-electron chi connectivity index (χ4n) is 2.68. The van der Waals surface area contributed by atoms with E-state index in [-0.39, 0.29) is 6.04 Å². The van der Waals surface area contributed by atoms with Crippen molar-refractivity contribution < 1.29 is 9.90 Å². The maximum absolute atomic E-state index is 10.9. The van der Waals surface area contributed by atoms with Crippen LogP contribution in [0, 0.1) is 0 Å². The van der Waals surface area contributed by atoms with Gasteiger partial charge in [-0.2, -0.15) is 0 Å². The van der Waals surface area contributed by atoms with Crippen molar-refractivity contribution in [2.75, 3.05) is 26.2 Å². The number of rotatable bonds is 3. The van der Waals surface area contributed by atoms with Crippen LogP contribution >= 0.6 is 0 Å². The average Bonchev–Trinajstić information content (AvgIpc) is 2.16. The molecule has 2 rings (SSSR count). The molecule has 0 radical (unpaired) electrons. The highest BCUT2D eigenvalue weighted by Crippen LogP contribution is 2.26. The lowest BCUT2D eigenvalue weighted by molar-refractivity contribution is -0.151. The zero-order valence-corrected chi connectivity index (χ0v) is 9.35. The second-order valence-corrected chi connectivity index (χ2v) is 4.55. The molecule has 0 amide bonds. The summed E-state index contributed by atoms with van der Waals surface area (Å²) in [6.07, 6.45) is 3.11. The number of hydrogen-bond acceptors (Lipinski definition) is 3. The second kappa shape index (κ2) is 4.49. The maximum Gasteiger partial charge on any atom is 0.320 e. The molecule has 1 unspecified atom stereocenters. The molecule has 2 fully saturated rings. The van der Waals surface area contributed by atoms with Crippen LogP contribution in [0.5, 0.6) is 0 Å².